The van der Waals surface area contributed by atoms with Gasteiger partial charge in [0.25, 0.3) is 0 Å². The number of hydrogen-bond donors (Lipinski definition) is 4. The SMILES string of the molecule is OC1[C@@H](O)[C@H](OCc2ccccc2)C(O)[C@H](OCc2ccccc2)[C@@H]1O. The van der Waals surface area contributed by atoms with Crippen LogP contribution >= 0.6 is 0 Å². The molecule has 0 heterocycles. The van der Waals surface area contributed by atoms with E-state index in [0.29, 0.717) is 0 Å². The minimum atomic E-state index is -1.47. The van der Waals surface area contributed by atoms with Crippen LogP contribution in [0.2, 0.25) is 0 Å². The second-order valence-electron chi connectivity index (χ2n) is 6.48. The van der Waals surface area contributed by atoms with E-state index in [1.54, 1.807) is 0 Å². The van der Waals surface area contributed by atoms with E-state index < -0.39 is 36.6 Å². The van der Waals surface area contributed by atoms with Gasteiger partial charge >= 0.3 is 0 Å². The van der Waals surface area contributed by atoms with Crippen LogP contribution in [0.5, 0.6) is 0 Å². The first kappa shape index (κ1) is 19.0. The molecular formula is C20H24O6. The third kappa shape index (κ3) is 4.29. The van der Waals surface area contributed by atoms with Crippen LogP contribution < -0.4 is 0 Å². The molecule has 3 rings (SSSR count). The van der Waals surface area contributed by atoms with Gasteiger partial charge in [-0.1, -0.05) is 60.7 Å². The van der Waals surface area contributed by atoms with Crippen molar-refractivity contribution in [3.8, 4) is 0 Å². The van der Waals surface area contributed by atoms with Gasteiger partial charge in [-0.25, -0.2) is 0 Å². The van der Waals surface area contributed by atoms with Crippen molar-refractivity contribution in [2.45, 2.75) is 49.8 Å². The van der Waals surface area contributed by atoms with Crippen LogP contribution in [-0.2, 0) is 22.7 Å². The molecule has 1 fully saturated rings. The van der Waals surface area contributed by atoms with Gasteiger partial charge in [0.2, 0.25) is 0 Å². The van der Waals surface area contributed by atoms with Crippen LogP contribution in [0.3, 0.4) is 0 Å². The van der Waals surface area contributed by atoms with Crippen LogP contribution in [0.1, 0.15) is 11.1 Å². The summed E-state index contributed by atoms with van der Waals surface area (Å²) in [5.41, 5.74) is 1.74. The lowest BCUT2D eigenvalue weighted by Crippen LogP contribution is -2.64. The van der Waals surface area contributed by atoms with E-state index in [2.05, 4.69) is 0 Å². The smallest absolute Gasteiger partial charge is 0.115 e. The van der Waals surface area contributed by atoms with Crippen LogP contribution in [0.4, 0.5) is 0 Å². The number of hydrogen-bond acceptors (Lipinski definition) is 6. The summed E-state index contributed by atoms with van der Waals surface area (Å²) in [5.74, 6) is 0. The molecule has 6 nitrogen and oxygen atoms in total. The highest BCUT2D eigenvalue weighted by Crippen LogP contribution is 2.27. The molecule has 4 N–H and O–H groups in total. The molecule has 1 aliphatic rings. The van der Waals surface area contributed by atoms with Crippen molar-refractivity contribution in [2.24, 2.45) is 0 Å². The maximum Gasteiger partial charge on any atom is 0.115 e. The summed E-state index contributed by atoms with van der Waals surface area (Å²) in [4.78, 5) is 0. The average Bonchev–Trinajstić information content (AvgIpc) is 2.68. The number of aliphatic hydroxyl groups excluding tert-OH is 4. The molecule has 6 atom stereocenters. The zero-order chi connectivity index (χ0) is 18.5. The van der Waals surface area contributed by atoms with E-state index in [1.165, 1.54) is 0 Å². The van der Waals surface area contributed by atoms with Gasteiger partial charge in [0.05, 0.1) is 13.2 Å². The third-order valence-corrected chi connectivity index (χ3v) is 4.62. The average molecular weight is 360 g/mol. The normalized spacial score (nSPS) is 31.7. The monoisotopic (exact) mass is 360 g/mol. The molecule has 0 bridgehead atoms. The van der Waals surface area contributed by atoms with E-state index in [1.807, 2.05) is 60.7 Å². The first-order chi connectivity index (χ1) is 12.6. The Bertz CT molecular complexity index is 607. The lowest BCUT2D eigenvalue weighted by atomic mass is 9.84. The molecule has 0 saturated heterocycles. The zero-order valence-corrected chi connectivity index (χ0v) is 14.3. The maximum absolute atomic E-state index is 10.6. The molecule has 2 aromatic carbocycles. The summed E-state index contributed by atoms with van der Waals surface area (Å²) >= 11 is 0. The van der Waals surface area contributed by atoms with Crippen molar-refractivity contribution in [1.29, 1.82) is 0 Å². The zero-order valence-electron chi connectivity index (χ0n) is 14.3. The Morgan fingerprint density at radius 3 is 1.31 bits per heavy atom. The summed E-state index contributed by atoms with van der Waals surface area (Å²) in [5, 5.41) is 41.1. The third-order valence-electron chi connectivity index (χ3n) is 4.62. The van der Waals surface area contributed by atoms with E-state index in [9.17, 15) is 20.4 Å². The topological polar surface area (TPSA) is 99.4 Å². The molecular weight excluding hydrogens is 336 g/mol. The lowest BCUT2D eigenvalue weighted by Gasteiger charge is -2.43. The van der Waals surface area contributed by atoms with Crippen molar-refractivity contribution in [3.05, 3.63) is 71.8 Å². The van der Waals surface area contributed by atoms with Gasteiger partial charge in [0, 0.05) is 0 Å². The Hall–Kier alpha value is -1.80. The Labute approximate surface area is 152 Å². The summed E-state index contributed by atoms with van der Waals surface area (Å²) in [6, 6.07) is 18.6. The van der Waals surface area contributed by atoms with Crippen molar-refractivity contribution >= 4 is 0 Å². The van der Waals surface area contributed by atoms with Gasteiger partial charge in [-0.3, -0.25) is 0 Å². The highest BCUT2D eigenvalue weighted by molar-refractivity contribution is 5.15. The number of ether oxygens (including phenoxy) is 2. The molecule has 2 unspecified atom stereocenters. The molecule has 0 aromatic heterocycles. The fourth-order valence-electron chi connectivity index (χ4n) is 3.11. The summed E-state index contributed by atoms with van der Waals surface area (Å²) in [6.07, 6.45) is -7.74. The predicted octanol–water partition coefficient (Wildman–Crippen LogP) is 0.614. The molecule has 6 heteroatoms. The van der Waals surface area contributed by atoms with Crippen molar-refractivity contribution in [3.63, 3.8) is 0 Å². The van der Waals surface area contributed by atoms with Crippen molar-refractivity contribution in [1.82, 2.24) is 0 Å². The maximum atomic E-state index is 10.6. The molecule has 2 aromatic rings. The Kier molecular flexibility index (Phi) is 6.37. The fourth-order valence-corrected chi connectivity index (χ4v) is 3.11. The van der Waals surface area contributed by atoms with E-state index in [4.69, 9.17) is 9.47 Å². The first-order valence-electron chi connectivity index (χ1n) is 8.61. The summed E-state index contributed by atoms with van der Waals surface area (Å²) in [6.45, 7) is 0.321. The summed E-state index contributed by atoms with van der Waals surface area (Å²) in [7, 11) is 0. The predicted molar refractivity (Wildman–Crippen MR) is 94.1 cm³/mol. The lowest BCUT2D eigenvalue weighted by molar-refractivity contribution is -0.250. The van der Waals surface area contributed by atoms with Gasteiger partial charge in [0.1, 0.15) is 36.6 Å². The number of rotatable bonds is 6. The molecule has 0 spiro atoms. The molecule has 0 radical (unpaired) electrons. The Balaban J connectivity index is 1.66. The highest BCUT2D eigenvalue weighted by Gasteiger charge is 2.50. The largest absolute Gasteiger partial charge is 0.387 e. The van der Waals surface area contributed by atoms with Gasteiger partial charge in [0.15, 0.2) is 0 Å². The van der Waals surface area contributed by atoms with E-state index in [-0.39, 0.29) is 13.2 Å². The number of aliphatic hydroxyl groups is 4. The van der Waals surface area contributed by atoms with Gasteiger partial charge in [-0.05, 0) is 11.1 Å². The fraction of sp³-hybridized carbons (Fsp3) is 0.400. The summed E-state index contributed by atoms with van der Waals surface area (Å²) < 4.78 is 11.3. The highest BCUT2D eigenvalue weighted by atomic mass is 16.5. The van der Waals surface area contributed by atoms with Crippen LogP contribution in [0.15, 0.2) is 60.7 Å². The van der Waals surface area contributed by atoms with E-state index >= 15 is 0 Å². The molecule has 1 saturated carbocycles. The van der Waals surface area contributed by atoms with Crippen LogP contribution in [-0.4, -0.2) is 57.0 Å². The molecule has 26 heavy (non-hydrogen) atoms. The minimum Gasteiger partial charge on any atom is -0.387 e. The van der Waals surface area contributed by atoms with Crippen LogP contribution in [0, 0.1) is 0 Å². The van der Waals surface area contributed by atoms with Gasteiger partial charge in [-0.2, -0.15) is 0 Å². The first-order valence-corrected chi connectivity index (χ1v) is 8.61. The second-order valence-corrected chi connectivity index (χ2v) is 6.48. The second kappa shape index (κ2) is 8.73. The standard InChI is InChI=1S/C20H24O6/c21-15-16(22)19(25-11-13-7-3-1-4-8-13)18(24)20(17(15)23)26-12-14-9-5-2-6-10-14/h1-10,15-24H,11-12H2/t15?,16-,17-,18?,19-,20+/m1/s1. The molecule has 0 aliphatic heterocycles. The van der Waals surface area contributed by atoms with Crippen LogP contribution in [0.25, 0.3) is 0 Å². The van der Waals surface area contributed by atoms with Crippen molar-refractivity contribution < 1.29 is 29.9 Å². The Morgan fingerprint density at radius 2 is 0.923 bits per heavy atom. The van der Waals surface area contributed by atoms with Gasteiger partial charge in [-0.15, -0.1) is 0 Å². The molecule has 140 valence electrons. The van der Waals surface area contributed by atoms with Crippen molar-refractivity contribution in [2.75, 3.05) is 0 Å². The minimum absolute atomic E-state index is 0.161. The van der Waals surface area contributed by atoms with E-state index in [0.717, 1.165) is 11.1 Å². The van der Waals surface area contributed by atoms with Gasteiger partial charge < -0.3 is 29.9 Å². The number of benzene rings is 2. The Morgan fingerprint density at radius 1 is 0.538 bits per heavy atom. The molecule has 1 aliphatic carbocycles. The quantitative estimate of drug-likeness (QED) is 0.603. The molecule has 0 amide bonds.